The molecule has 0 saturated heterocycles. The van der Waals surface area contributed by atoms with Crippen molar-refractivity contribution in [2.45, 2.75) is 13.8 Å². The number of aromatic nitrogens is 2. The summed E-state index contributed by atoms with van der Waals surface area (Å²) in [5.74, 6) is 0. The van der Waals surface area contributed by atoms with E-state index in [4.69, 9.17) is 11.6 Å². The quantitative estimate of drug-likeness (QED) is 0.686. The normalized spacial score (nSPS) is 10.3. The van der Waals surface area contributed by atoms with Crippen molar-refractivity contribution in [1.82, 2.24) is 9.97 Å². The maximum absolute atomic E-state index is 6.03. The van der Waals surface area contributed by atoms with Gasteiger partial charge in [-0.3, -0.25) is 0 Å². The number of halogens is 1. The Morgan fingerprint density at radius 3 is 2.67 bits per heavy atom. The van der Waals surface area contributed by atoms with Gasteiger partial charge in [0.1, 0.15) is 11.5 Å². The Kier molecular flexibility index (Phi) is 2.69. The predicted octanol–water partition coefficient (Wildman–Crippen LogP) is 3.41. The van der Waals surface area contributed by atoms with Gasteiger partial charge in [-0.2, -0.15) is 0 Å². The maximum Gasteiger partial charge on any atom is 0.140 e. The van der Waals surface area contributed by atoms with Crippen molar-refractivity contribution in [3.8, 4) is 11.1 Å². The van der Waals surface area contributed by atoms with Gasteiger partial charge < -0.3 is 0 Å². The van der Waals surface area contributed by atoms with Crippen molar-refractivity contribution in [3.63, 3.8) is 0 Å². The van der Waals surface area contributed by atoms with Crippen LogP contribution in [0.5, 0.6) is 0 Å². The van der Waals surface area contributed by atoms with E-state index in [0.29, 0.717) is 5.15 Å². The minimum absolute atomic E-state index is 0.499. The molecule has 2 nitrogen and oxygen atoms in total. The summed E-state index contributed by atoms with van der Waals surface area (Å²) in [5, 5.41) is 0.499. The molecule has 0 radical (unpaired) electrons. The predicted molar refractivity (Wildman–Crippen MR) is 62.0 cm³/mol. The van der Waals surface area contributed by atoms with Gasteiger partial charge in [-0.1, -0.05) is 35.4 Å². The van der Waals surface area contributed by atoms with Crippen LogP contribution >= 0.6 is 11.6 Å². The Balaban J connectivity index is 2.64. The van der Waals surface area contributed by atoms with Crippen molar-refractivity contribution in [2.75, 3.05) is 0 Å². The van der Waals surface area contributed by atoms with E-state index in [1.807, 2.05) is 0 Å². The lowest BCUT2D eigenvalue weighted by molar-refractivity contribution is 1.17. The van der Waals surface area contributed by atoms with E-state index >= 15 is 0 Å². The zero-order valence-electron chi connectivity index (χ0n) is 8.66. The Labute approximate surface area is 94.0 Å². The monoisotopic (exact) mass is 218 g/mol. The Bertz CT molecular complexity index is 495. The van der Waals surface area contributed by atoms with Gasteiger partial charge in [-0.25, -0.2) is 9.97 Å². The summed E-state index contributed by atoms with van der Waals surface area (Å²) in [6.45, 7) is 4.11. The molecule has 0 aliphatic carbocycles. The van der Waals surface area contributed by atoms with Gasteiger partial charge in [0.15, 0.2) is 0 Å². The first-order valence-corrected chi connectivity index (χ1v) is 5.09. The molecule has 1 aromatic carbocycles. The fourth-order valence-electron chi connectivity index (χ4n) is 1.52. The second-order valence-electron chi connectivity index (χ2n) is 3.55. The van der Waals surface area contributed by atoms with Crippen LogP contribution in [0.25, 0.3) is 11.1 Å². The SMILES string of the molecule is Cc1ccc(C)c(-c2cncnc2Cl)c1. The molecular formula is C12H11ClN2. The van der Waals surface area contributed by atoms with E-state index in [1.165, 1.54) is 17.5 Å². The zero-order valence-corrected chi connectivity index (χ0v) is 9.42. The van der Waals surface area contributed by atoms with Crippen molar-refractivity contribution in [2.24, 2.45) is 0 Å². The fraction of sp³-hybridized carbons (Fsp3) is 0.167. The lowest BCUT2D eigenvalue weighted by Crippen LogP contribution is -1.89. The van der Waals surface area contributed by atoms with Gasteiger partial charge in [-0.15, -0.1) is 0 Å². The smallest absolute Gasteiger partial charge is 0.140 e. The molecule has 2 aromatic rings. The molecule has 76 valence electrons. The molecule has 0 amide bonds. The third-order valence-corrected chi connectivity index (χ3v) is 2.65. The first-order valence-electron chi connectivity index (χ1n) is 4.71. The lowest BCUT2D eigenvalue weighted by atomic mass is 10.0. The van der Waals surface area contributed by atoms with E-state index in [9.17, 15) is 0 Å². The van der Waals surface area contributed by atoms with Gasteiger partial charge in [0.05, 0.1) is 0 Å². The number of rotatable bonds is 1. The van der Waals surface area contributed by atoms with E-state index in [-0.39, 0.29) is 0 Å². The molecular weight excluding hydrogens is 208 g/mol. The van der Waals surface area contributed by atoms with Crippen LogP contribution < -0.4 is 0 Å². The molecule has 0 bridgehead atoms. The van der Waals surface area contributed by atoms with Gasteiger partial charge in [0.25, 0.3) is 0 Å². The van der Waals surface area contributed by atoms with Crippen molar-refractivity contribution in [3.05, 3.63) is 47.0 Å². The minimum atomic E-state index is 0.499. The lowest BCUT2D eigenvalue weighted by Gasteiger charge is -2.07. The number of hydrogen-bond donors (Lipinski definition) is 0. The van der Waals surface area contributed by atoms with E-state index in [1.54, 1.807) is 6.20 Å². The zero-order chi connectivity index (χ0) is 10.8. The second-order valence-corrected chi connectivity index (χ2v) is 3.90. The van der Waals surface area contributed by atoms with Crippen molar-refractivity contribution in [1.29, 1.82) is 0 Å². The fourth-order valence-corrected chi connectivity index (χ4v) is 1.72. The molecule has 0 N–H and O–H groups in total. The highest BCUT2D eigenvalue weighted by Crippen LogP contribution is 2.28. The largest absolute Gasteiger partial charge is 0.244 e. The van der Waals surface area contributed by atoms with E-state index < -0.39 is 0 Å². The standard InChI is InChI=1S/C12H11ClN2/c1-8-3-4-9(2)10(5-8)11-6-14-7-15-12(11)13/h3-7H,1-2H3. The summed E-state index contributed by atoms with van der Waals surface area (Å²) < 4.78 is 0. The summed E-state index contributed by atoms with van der Waals surface area (Å²) in [4.78, 5) is 7.98. The molecule has 0 saturated carbocycles. The van der Waals surface area contributed by atoms with Gasteiger partial charge in [-0.05, 0) is 25.0 Å². The van der Waals surface area contributed by atoms with Crippen LogP contribution in [0.2, 0.25) is 5.15 Å². The summed E-state index contributed by atoms with van der Waals surface area (Å²) in [5.41, 5.74) is 4.37. The molecule has 0 unspecified atom stereocenters. The first-order chi connectivity index (χ1) is 7.18. The molecule has 0 aliphatic rings. The van der Waals surface area contributed by atoms with E-state index in [0.717, 1.165) is 11.1 Å². The van der Waals surface area contributed by atoms with Crippen LogP contribution in [0, 0.1) is 13.8 Å². The Morgan fingerprint density at radius 2 is 1.93 bits per heavy atom. The first kappa shape index (κ1) is 10.1. The van der Waals surface area contributed by atoms with Gasteiger partial charge in [0.2, 0.25) is 0 Å². The molecule has 15 heavy (non-hydrogen) atoms. The third kappa shape index (κ3) is 2.00. The van der Waals surface area contributed by atoms with Crippen molar-refractivity contribution < 1.29 is 0 Å². The summed E-state index contributed by atoms with van der Waals surface area (Å²) in [6.07, 6.45) is 3.20. The number of nitrogens with zero attached hydrogens (tertiary/aromatic N) is 2. The van der Waals surface area contributed by atoms with Crippen LogP contribution in [0.4, 0.5) is 0 Å². The molecule has 3 heteroatoms. The molecule has 0 spiro atoms. The molecule has 1 heterocycles. The summed E-state index contributed by atoms with van der Waals surface area (Å²) >= 11 is 6.03. The molecule has 1 aromatic heterocycles. The number of benzene rings is 1. The highest BCUT2D eigenvalue weighted by molar-refractivity contribution is 6.32. The van der Waals surface area contributed by atoms with Gasteiger partial charge in [0, 0.05) is 11.8 Å². The minimum Gasteiger partial charge on any atom is -0.244 e. The highest BCUT2D eigenvalue weighted by Gasteiger charge is 2.07. The van der Waals surface area contributed by atoms with Crippen LogP contribution in [-0.2, 0) is 0 Å². The average Bonchev–Trinajstić information content (AvgIpc) is 2.23. The number of aryl methyl sites for hydroxylation is 2. The topological polar surface area (TPSA) is 25.8 Å². The highest BCUT2D eigenvalue weighted by atomic mass is 35.5. The molecule has 0 atom stereocenters. The Hall–Kier alpha value is -1.41. The second kappa shape index (κ2) is 3.99. The van der Waals surface area contributed by atoms with Crippen LogP contribution in [-0.4, -0.2) is 9.97 Å². The average molecular weight is 219 g/mol. The summed E-state index contributed by atoms with van der Waals surface area (Å²) in [7, 11) is 0. The van der Waals surface area contributed by atoms with Crippen LogP contribution in [0.15, 0.2) is 30.7 Å². The van der Waals surface area contributed by atoms with Crippen molar-refractivity contribution >= 4 is 11.6 Å². The maximum atomic E-state index is 6.03. The van der Waals surface area contributed by atoms with Crippen LogP contribution in [0.1, 0.15) is 11.1 Å². The number of hydrogen-bond acceptors (Lipinski definition) is 2. The third-order valence-electron chi connectivity index (χ3n) is 2.35. The van der Waals surface area contributed by atoms with Gasteiger partial charge >= 0.3 is 0 Å². The Morgan fingerprint density at radius 1 is 1.13 bits per heavy atom. The summed E-state index contributed by atoms with van der Waals surface area (Å²) in [6, 6.07) is 6.25. The molecule has 2 rings (SSSR count). The van der Waals surface area contributed by atoms with Crippen LogP contribution in [0.3, 0.4) is 0 Å². The molecule has 0 aliphatic heterocycles. The van der Waals surface area contributed by atoms with E-state index in [2.05, 4.69) is 42.0 Å². The molecule has 0 fully saturated rings.